The highest BCUT2D eigenvalue weighted by Gasteiger charge is 2.33. The molecule has 0 spiro atoms. The number of ketones is 1. The number of ether oxygens (including phenoxy) is 1. The minimum atomic E-state index is -0.369. The molecule has 0 radical (unpaired) electrons. The zero-order valence-corrected chi connectivity index (χ0v) is 12.7. The van der Waals surface area contributed by atoms with E-state index in [-0.39, 0.29) is 22.5 Å². The molecule has 0 aromatic rings. The van der Waals surface area contributed by atoms with Gasteiger partial charge < -0.3 is 4.74 Å². The van der Waals surface area contributed by atoms with E-state index < -0.39 is 0 Å². The molecule has 18 heavy (non-hydrogen) atoms. The van der Waals surface area contributed by atoms with Crippen LogP contribution in [0.5, 0.6) is 0 Å². The van der Waals surface area contributed by atoms with E-state index in [9.17, 15) is 9.59 Å². The maximum atomic E-state index is 11.9. The molecular weight excluding hydrogens is 296 g/mol. The molecule has 102 valence electrons. The van der Waals surface area contributed by atoms with Crippen molar-refractivity contribution in [3.63, 3.8) is 0 Å². The molecule has 0 bridgehead atoms. The third-order valence-corrected chi connectivity index (χ3v) is 3.69. The summed E-state index contributed by atoms with van der Waals surface area (Å²) >= 11 is 3.41. The Labute approximate surface area is 117 Å². The van der Waals surface area contributed by atoms with Crippen LogP contribution in [-0.4, -0.2) is 23.2 Å². The van der Waals surface area contributed by atoms with Crippen molar-refractivity contribution in [2.24, 2.45) is 5.92 Å². The molecule has 4 heteroatoms. The van der Waals surface area contributed by atoms with Gasteiger partial charge in [-0.2, -0.15) is 0 Å². The Morgan fingerprint density at radius 1 is 1.50 bits per heavy atom. The van der Waals surface area contributed by atoms with E-state index in [4.69, 9.17) is 4.74 Å². The van der Waals surface area contributed by atoms with E-state index in [1.54, 1.807) is 6.92 Å². The normalized spacial score (nSPS) is 20.7. The lowest BCUT2D eigenvalue weighted by atomic mass is 9.92. The molecule has 0 heterocycles. The van der Waals surface area contributed by atoms with Crippen molar-refractivity contribution < 1.29 is 14.3 Å². The summed E-state index contributed by atoms with van der Waals surface area (Å²) in [5.41, 5.74) is 0.645. The Hall–Kier alpha value is -0.640. The van der Waals surface area contributed by atoms with Crippen molar-refractivity contribution in [2.75, 3.05) is 6.61 Å². The summed E-state index contributed by atoms with van der Waals surface area (Å²) in [7, 11) is 0. The van der Waals surface area contributed by atoms with E-state index >= 15 is 0 Å². The van der Waals surface area contributed by atoms with Crippen molar-refractivity contribution in [2.45, 2.75) is 50.8 Å². The van der Waals surface area contributed by atoms with Crippen LogP contribution in [0.3, 0.4) is 0 Å². The summed E-state index contributed by atoms with van der Waals surface area (Å²) in [6.07, 6.45) is 6.18. The molecule has 0 saturated carbocycles. The summed E-state index contributed by atoms with van der Waals surface area (Å²) in [6.45, 7) is 4.27. The van der Waals surface area contributed by atoms with Gasteiger partial charge >= 0.3 is 5.97 Å². The largest absolute Gasteiger partial charge is 0.466 e. The van der Waals surface area contributed by atoms with Crippen molar-refractivity contribution >= 4 is 27.7 Å². The van der Waals surface area contributed by atoms with Crippen LogP contribution in [0.4, 0.5) is 0 Å². The fourth-order valence-electron chi connectivity index (χ4n) is 2.19. The molecule has 1 aliphatic carbocycles. The summed E-state index contributed by atoms with van der Waals surface area (Å²) < 4.78 is 5.08. The minimum absolute atomic E-state index is 0.0723. The Morgan fingerprint density at radius 3 is 2.72 bits per heavy atom. The Bertz CT molecular complexity index is 336. The highest BCUT2D eigenvalue weighted by Crippen LogP contribution is 2.30. The van der Waals surface area contributed by atoms with E-state index in [1.165, 1.54) is 0 Å². The first-order valence-electron chi connectivity index (χ1n) is 6.65. The number of hydrogen-bond donors (Lipinski definition) is 0. The molecular formula is C14H21BrO3. The number of hydrogen-bond acceptors (Lipinski definition) is 3. The number of carbonyl (C=O) groups excluding carboxylic acids is 2. The van der Waals surface area contributed by atoms with Crippen LogP contribution in [0.25, 0.3) is 0 Å². The van der Waals surface area contributed by atoms with E-state index in [1.807, 2.05) is 6.08 Å². The van der Waals surface area contributed by atoms with Crippen molar-refractivity contribution in [1.29, 1.82) is 0 Å². The third-order valence-electron chi connectivity index (χ3n) is 3.11. The quantitative estimate of drug-likeness (QED) is 0.410. The molecule has 0 fully saturated rings. The van der Waals surface area contributed by atoms with Crippen LogP contribution >= 0.6 is 15.9 Å². The Kier molecular flexibility index (Phi) is 6.61. The molecule has 1 unspecified atom stereocenters. The third kappa shape index (κ3) is 4.23. The summed E-state index contributed by atoms with van der Waals surface area (Å²) in [6, 6.07) is 0. The average Bonchev–Trinajstić information content (AvgIpc) is 2.64. The molecule has 0 aromatic heterocycles. The smallest absolute Gasteiger partial charge is 0.313 e. The predicted molar refractivity (Wildman–Crippen MR) is 74.7 cm³/mol. The van der Waals surface area contributed by atoms with E-state index in [0.717, 1.165) is 19.3 Å². The molecule has 0 aromatic carbocycles. The number of carbonyl (C=O) groups is 2. The second kappa shape index (κ2) is 7.72. The molecule has 1 aliphatic rings. The lowest BCUT2D eigenvalue weighted by molar-refractivity contribution is -0.147. The fraction of sp³-hybridized carbons (Fsp3) is 0.714. The molecule has 2 atom stereocenters. The minimum Gasteiger partial charge on any atom is -0.466 e. The maximum absolute atomic E-state index is 11.9. The van der Waals surface area contributed by atoms with Gasteiger partial charge in [0.15, 0.2) is 5.78 Å². The van der Waals surface area contributed by atoms with Gasteiger partial charge in [-0.15, -0.1) is 0 Å². The highest BCUT2D eigenvalue weighted by atomic mass is 79.9. The van der Waals surface area contributed by atoms with E-state index in [0.29, 0.717) is 25.0 Å². The standard InChI is InChI=1S/C14H21BrO3/c1-3-5-6-7-11(14(17)18-4-2)12-8-10(15)9-13(12)16/h8,10-11H,3-7,9H2,1-2H3/t10?,11-/m0/s1. The molecule has 0 amide bonds. The van der Waals surface area contributed by atoms with Gasteiger partial charge in [-0.25, -0.2) is 0 Å². The average molecular weight is 317 g/mol. The number of esters is 1. The Morgan fingerprint density at radius 2 is 2.22 bits per heavy atom. The monoisotopic (exact) mass is 316 g/mol. The van der Waals surface area contributed by atoms with Gasteiger partial charge in [0.25, 0.3) is 0 Å². The lowest BCUT2D eigenvalue weighted by Crippen LogP contribution is -2.22. The first-order valence-corrected chi connectivity index (χ1v) is 7.57. The number of rotatable bonds is 7. The van der Waals surface area contributed by atoms with E-state index in [2.05, 4.69) is 22.9 Å². The summed E-state index contributed by atoms with van der Waals surface area (Å²) in [5, 5.41) is 0. The van der Waals surface area contributed by atoms with Gasteiger partial charge in [-0.1, -0.05) is 48.2 Å². The first kappa shape index (κ1) is 15.4. The SMILES string of the molecule is CCCCC[C@H](C(=O)OCC)C1=CC(Br)CC1=O. The van der Waals surface area contributed by atoms with Crippen LogP contribution in [0, 0.1) is 5.92 Å². The summed E-state index contributed by atoms with van der Waals surface area (Å²) in [5.74, 6) is -0.548. The second-order valence-electron chi connectivity index (χ2n) is 4.57. The van der Waals surface area contributed by atoms with Crippen molar-refractivity contribution in [3.05, 3.63) is 11.6 Å². The number of allylic oxidation sites excluding steroid dienone is 1. The molecule has 0 N–H and O–H groups in total. The van der Waals surface area contributed by atoms with Crippen LogP contribution in [0.15, 0.2) is 11.6 Å². The van der Waals surface area contributed by atoms with Crippen LogP contribution < -0.4 is 0 Å². The van der Waals surface area contributed by atoms with Gasteiger partial charge in [0.1, 0.15) is 0 Å². The molecule has 1 rings (SSSR count). The summed E-state index contributed by atoms with van der Waals surface area (Å²) in [4.78, 5) is 23.9. The second-order valence-corrected chi connectivity index (χ2v) is 5.74. The van der Waals surface area contributed by atoms with Gasteiger partial charge in [-0.3, -0.25) is 9.59 Å². The van der Waals surface area contributed by atoms with Gasteiger partial charge in [0.05, 0.1) is 12.5 Å². The molecule has 0 saturated heterocycles. The number of halogens is 1. The van der Waals surface area contributed by atoms with Crippen LogP contribution in [0.1, 0.15) is 46.0 Å². The topological polar surface area (TPSA) is 43.4 Å². The zero-order valence-electron chi connectivity index (χ0n) is 11.1. The molecule has 0 aliphatic heterocycles. The maximum Gasteiger partial charge on any atom is 0.313 e. The predicted octanol–water partition coefficient (Wildman–Crippen LogP) is 3.41. The molecule has 3 nitrogen and oxygen atoms in total. The van der Waals surface area contributed by atoms with Crippen molar-refractivity contribution in [1.82, 2.24) is 0 Å². The first-order chi connectivity index (χ1) is 8.60. The zero-order chi connectivity index (χ0) is 13.5. The van der Waals surface area contributed by atoms with Crippen LogP contribution in [0.2, 0.25) is 0 Å². The van der Waals surface area contributed by atoms with Gasteiger partial charge in [-0.05, 0) is 13.3 Å². The number of unbranched alkanes of at least 4 members (excludes halogenated alkanes) is 2. The highest BCUT2D eigenvalue weighted by molar-refractivity contribution is 9.09. The number of alkyl halides is 1. The Balaban J connectivity index is 2.73. The van der Waals surface area contributed by atoms with Gasteiger partial charge in [0, 0.05) is 16.8 Å². The van der Waals surface area contributed by atoms with Crippen molar-refractivity contribution in [3.8, 4) is 0 Å². The number of Topliss-reactive ketones (excluding diaryl/α,β-unsaturated/α-hetero) is 1. The lowest BCUT2D eigenvalue weighted by Gasteiger charge is -2.15. The van der Waals surface area contributed by atoms with Crippen LogP contribution in [-0.2, 0) is 14.3 Å². The fourth-order valence-corrected chi connectivity index (χ4v) is 2.77. The van der Waals surface area contributed by atoms with Gasteiger partial charge in [0.2, 0.25) is 0 Å².